The number of aromatic hydroxyl groups is 2. The Balaban J connectivity index is 1.31. The minimum absolute atomic E-state index is 0.0113. The van der Waals surface area contributed by atoms with E-state index in [0.29, 0.717) is 73.5 Å². The van der Waals surface area contributed by atoms with E-state index in [1.165, 1.54) is 24.3 Å². The van der Waals surface area contributed by atoms with Crippen molar-refractivity contribution >= 4 is 93.7 Å². The quantitative estimate of drug-likeness (QED) is 0.00856. The number of aromatic nitrogens is 5. The molecule has 4 rings (SSSR count). The number of nitrogens with zero attached hydrogens (tertiary/aromatic N) is 5. The highest BCUT2D eigenvalue weighted by atomic mass is 32.2. The number of primary sulfonamides is 1. The van der Waals surface area contributed by atoms with E-state index in [1.807, 2.05) is 6.92 Å². The Kier molecular flexibility index (Phi) is 26.6. The van der Waals surface area contributed by atoms with Gasteiger partial charge < -0.3 is 71.8 Å². The topological polar surface area (TPSA) is 420 Å². The molecule has 13 N–H and O–H groups in total. The fourth-order valence-corrected chi connectivity index (χ4v) is 9.15. The fraction of sp³-hybridized carbons (Fsp3) is 0.489. The number of nitrogens with two attached hydrogens (primary N) is 1. The molecule has 2 aromatic carbocycles. The molecule has 0 aliphatic heterocycles. The lowest BCUT2D eigenvalue weighted by atomic mass is 9.73. The maximum absolute atomic E-state index is 13.5. The number of aldehydes is 1. The number of rotatable bonds is 37. The number of hydrogen-bond acceptors (Lipinski definition) is 20. The molecule has 0 aliphatic carbocycles. The van der Waals surface area contributed by atoms with Gasteiger partial charge in [0.25, 0.3) is 10.0 Å². The van der Waals surface area contributed by atoms with Crippen LogP contribution in [0.5, 0.6) is 11.5 Å². The molecule has 0 fully saturated rings. The first kappa shape index (κ1) is 64.3. The van der Waals surface area contributed by atoms with Crippen LogP contribution < -0.4 is 42.3 Å². The summed E-state index contributed by atoms with van der Waals surface area (Å²) in [4.78, 5) is 90.0. The third-order valence-corrected chi connectivity index (χ3v) is 14.4. The zero-order valence-electron chi connectivity index (χ0n) is 43.0. The molecule has 79 heavy (non-hydrogen) atoms. The molecule has 28 nitrogen and oxygen atoms in total. The number of carbonyl (C=O) groups is 7. The highest BCUT2D eigenvalue weighted by Gasteiger charge is 2.34. The largest absolute Gasteiger partial charge is 0.508 e. The van der Waals surface area contributed by atoms with Crippen molar-refractivity contribution in [3.8, 4) is 11.5 Å². The number of aryl methyl sites for hydroxylation is 2. The molecule has 2 heterocycles. The van der Waals surface area contributed by atoms with Gasteiger partial charge in [-0.1, -0.05) is 47.7 Å². The van der Waals surface area contributed by atoms with Crippen molar-refractivity contribution in [2.75, 3.05) is 51.4 Å². The fourth-order valence-electron chi connectivity index (χ4n) is 7.70. The van der Waals surface area contributed by atoms with Gasteiger partial charge >= 0.3 is 11.9 Å². The third kappa shape index (κ3) is 22.6. The maximum atomic E-state index is 13.5. The second-order valence-electron chi connectivity index (χ2n) is 17.9. The molecule has 2 aromatic heterocycles. The van der Waals surface area contributed by atoms with Crippen LogP contribution in [0.4, 0.5) is 5.13 Å². The number of carbonyl (C=O) groups excluding carboxylic acids is 5. The summed E-state index contributed by atoms with van der Waals surface area (Å²) < 4.78 is 34.9. The van der Waals surface area contributed by atoms with Crippen molar-refractivity contribution in [3.05, 3.63) is 71.5 Å². The highest BCUT2D eigenvalue weighted by molar-refractivity contribution is 7.91. The van der Waals surface area contributed by atoms with Crippen LogP contribution in [-0.4, -0.2) is 173 Å². The average molecular weight is 1160 g/mol. The summed E-state index contributed by atoms with van der Waals surface area (Å²) in [6.45, 7) is 2.87. The summed E-state index contributed by atoms with van der Waals surface area (Å²) in [6.07, 6.45) is 2.76. The number of anilines is 1. The molecule has 0 aliphatic rings. The molecule has 0 spiro atoms. The van der Waals surface area contributed by atoms with Crippen LogP contribution in [0.1, 0.15) is 75.1 Å². The average Bonchev–Trinajstić information content (AvgIpc) is 4.09. The first-order chi connectivity index (χ1) is 37.6. The summed E-state index contributed by atoms with van der Waals surface area (Å²) >= 11 is 5.50. The SMILES string of the molecule is [B]NC(=S)NCCOCCOCCNC(=O)[C@H](CCCCn1cc(CCCC(=O)Nc2nnc(S(N)(=O)=O)s2)nn1)NC(=O)C[C@H](NCC(C=O)[C@H](NC(=O)CCC(C)(c1ccc(O)cc1)c1ccc(O)cc1)C(=O)O)C(=O)O. The van der Waals surface area contributed by atoms with Crippen molar-refractivity contribution in [2.45, 2.75) is 99.1 Å². The molecule has 0 saturated heterocycles. The van der Waals surface area contributed by atoms with Crippen molar-refractivity contribution in [3.63, 3.8) is 0 Å². The Hall–Kier alpha value is -7.23. The smallest absolute Gasteiger partial charge is 0.326 e. The van der Waals surface area contributed by atoms with Crippen molar-refractivity contribution in [1.82, 2.24) is 57.0 Å². The number of amides is 4. The van der Waals surface area contributed by atoms with Crippen molar-refractivity contribution in [1.29, 1.82) is 0 Å². The zero-order chi connectivity index (χ0) is 58.0. The normalized spacial score (nSPS) is 13.0. The van der Waals surface area contributed by atoms with Crippen LogP contribution in [-0.2, 0) is 71.4 Å². The molecule has 32 heteroatoms. The molecular formula is C47H64BN13O15S3. The van der Waals surface area contributed by atoms with Crippen LogP contribution in [0, 0.1) is 5.92 Å². The Morgan fingerprint density at radius 1 is 0.823 bits per heavy atom. The molecular weight excluding hydrogens is 1090 g/mol. The van der Waals surface area contributed by atoms with Gasteiger partial charge in [-0.15, -0.1) is 15.3 Å². The molecule has 0 saturated carbocycles. The first-order valence-corrected chi connectivity index (χ1v) is 27.4. The van der Waals surface area contributed by atoms with E-state index in [0.717, 1.165) is 0 Å². The van der Waals surface area contributed by atoms with E-state index in [1.54, 1.807) is 35.1 Å². The predicted octanol–water partition coefficient (Wildman–Crippen LogP) is -0.895. The molecule has 0 bridgehead atoms. The monoisotopic (exact) mass is 1160 g/mol. The lowest BCUT2D eigenvalue weighted by molar-refractivity contribution is -0.144. The van der Waals surface area contributed by atoms with Gasteiger partial charge in [-0.3, -0.25) is 28.7 Å². The first-order valence-electron chi connectivity index (χ1n) is 24.7. The van der Waals surface area contributed by atoms with E-state index >= 15 is 0 Å². The number of hydrogen-bond donors (Lipinski definition) is 12. The number of sulfonamides is 1. The van der Waals surface area contributed by atoms with E-state index in [4.69, 9.17) is 34.8 Å². The summed E-state index contributed by atoms with van der Waals surface area (Å²) in [5.41, 5.74) is 1.12. The van der Waals surface area contributed by atoms with Crippen LogP contribution in [0.25, 0.3) is 0 Å². The summed E-state index contributed by atoms with van der Waals surface area (Å²) in [5.74, 6) is -7.24. The van der Waals surface area contributed by atoms with Crippen LogP contribution in [0.2, 0.25) is 0 Å². The predicted molar refractivity (Wildman–Crippen MR) is 288 cm³/mol. The standard InChI is InChI=1S/C47H64BN13O15S3/c1-47(30-8-12-33(63)13-9-30,31-10-14-34(64)15-11-31)17-16-38(66)54-40(43(71)72)29(28-62)26-52-36(42(69)70)25-39(67)53-35(41(68)50-18-21-75-23-24-76-22-19-51-44(77)56-48)6-2-3-20-61-27-32(57-60-61)5-4-7-37(65)55-45-58-59-46(78-45)79(49,73)74/h8-15,27-29,35-36,40,52,63-64H,2-7,16-26H2,1H3,(H,50,68)(H,53,67)(H,54,66)(H,69,70)(H,71,72)(H2,49,73,74)(H2,51,56,77)(H,55,58,65)/t29?,35-,36-,40-/m0/s1. The Bertz CT molecular complexity index is 2730. The highest BCUT2D eigenvalue weighted by Crippen LogP contribution is 2.38. The summed E-state index contributed by atoms with van der Waals surface area (Å²) in [7, 11) is 1.14. The second-order valence-corrected chi connectivity index (χ2v) is 21.1. The van der Waals surface area contributed by atoms with Gasteiger partial charge in [0.1, 0.15) is 35.9 Å². The molecule has 4 atom stereocenters. The maximum Gasteiger partial charge on any atom is 0.326 e. The molecule has 2 radical (unpaired) electrons. The van der Waals surface area contributed by atoms with E-state index in [-0.39, 0.29) is 80.1 Å². The van der Waals surface area contributed by atoms with E-state index < -0.39 is 92.4 Å². The summed E-state index contributed by atoms with van der Waals surface area (Å²) in [6, 6.07) is 7.94. The Morgan fingerprint density at radius 3 is 2.03 bits per heavy atom. The lowest BCUT2D eigenvalue weighted by Gasteiger charge is -2.31. The van der Waals surface area contributed by atoms with Gasteiger partial charge in [0.15, 0.2) is 5.11 Å². The second kappa shape index (κ2) is 32.6. The number of ether oxygens (including phenoxy) is 2. The molecule has 428 valence electrons. The number of thiocarbonyl (C=S) groups is 1. The number of carboxylic acid groups (broad SMARTS) is 2. The number of unbranched alkanes of at least 4 members (excludes halogenated alkanes) is 1. The van der Waals surface area contributed by atoms with Gasteiger partial charge in [0.05, 0.1) is 44.5 Å². The zero-order valence-corrected chi connectivity index (χ0v) is 45.4. The number of nitrogens with one attached hydrogen (secondary N) is 7. The van der Waals surface area contributed by atoms with E-state index in [2.05, 4.69) is 57.6 Å². The number of aliphatic carboxylic acids is 2. The van der Waals surface area contributed by atoms with Crippen LogP contribution in [0.3, 0.4) is 0 Å². The lowest BCUT2D eigenvalue weighted by Crippen LogP contribution is -2.53. The Morgan fingerprint density at radius 2 is 1.46 bits per heavy atom. The van der Waals surface area contributed by atoms with Gasteiger partial charge in [0, 0.05) is 50.6 Å². The Labute approximate surface area is 465 Å². The van der Waals surface area contributed by atoms with Gasteiger partial charge in [-0.05, 0) is 86.1 Å². The van der Waals surface area contributed by atoms with Gasteiger partial charge in [0.2, 0.25) is 41.1 Å². The van der Waals surface area contributed by atoms with Gasteiger partial charge in [-0.2, -0.15) is 0 Å². The molecule has 4 amide bonds. The number of benzene rings is 2. The molecule has 1 unspecified atom stereocenters. The number of phenols is 2. The van der Waals surface area contributed by atoms with Gasteiger partial charge in [-0.25, -0.2) is 18.4 Å². The van der Waals surface area contributed by atoms with Crippen LogP contribution >= 0.6 is 23.6 Å². The number of carboxylic acids is 2. The van der Waals surface area contributed by atoms with Crippen LogP contribution in [0.15, 0.2) is 59.1 Å². The van der Waals surface area contributed by atoms with Crippen molar-refractivity contribution < 1.29 is 71.9 Å². The summed E-state index contributed by atoms with van der Waals surface area (Å²) in [5, 5.41) is 78.3. The van der Waals surface area contributed by atoms with Crippen molar-refractivity contribution in [2.24, 2.45) is 11.1 Å². The molecule has 4 aromatic rings. The number of phenolic OH excluding ortho intramolecular Hbond substituents is 2. The minimum atomic E-state index is -4.06. The third-order valence-electron chi connectivity index (χ3n) is 12.0. The van der Waals surface area contributed by atoms with E-state index in [9.17, 15) is 62.4 Å². The minimum Gasteiger partial charge on any atom is -0.508 e.